The Morgan fingerprint density at radius 1 is 1.42 bits per heavy atom. The summed E-state index contributed by atoms with van der Waals surface area (Å²) in [5.74, 6) is 0. The van der Waals surface area contributed by atoms with Gasteiger partial charge in [-0.05, 0) is 36.1 Å². The van der Waals surface area contributed by atoms with E-state index >= 15 is 0 Å². The molecule has 1 aromatic carbocycles. The van der Waals surface area contributed by atoms with Gasteiger partial charge < -0.3 is 0 Å². The normalized spacial score (nSPS) is 10.4. The third-order valence-electron chi connectivity index (χ3n) is 1.88. The zero-order valence-electron chi connectivity index (χ0n) is 6.70. The molecule has 0 N–H and O–H groups in total. The van der Waals surface area contributed by atoms with E-state index in [1.165, 1.54) is 4.70 Å². The first-order valence-corrected chi connectivity index (χ1v) is 4.62. The number of hydrogen-bond acceptors (Lipinski definition) is 2. The van der Waals surface area contributed by atoms with Crippen molar-refractivity contribution in [2.45, 2.75) is 6.92 Å². The van der Waals surface area contributed by atoms with Crippen molar-refractivity contribution in [3.8, 4) is 0 Å². The van der Waals surface area contributed by atoms with Crippen LogP contribution in [-0.2, 0) is 0 Å². The van der Waals surface area contributed by atoms with Gasteiger partial charge in [0.1, 0.15) is 0 Å². The average Bonchev–Trinajstić information content (AvgIpc) is 2.50. The Hall–Kier alpha value is -1.15. The third-order valence-corrected chi connectivity index (χ3v) is 2.74. The van der Waals surface area contributed by atoms with E-state index in [1.807, 2.05) is 24.4 Å². The first-order chi connectivity index (χ1) is 5.81. The lowest BCUT2D eigenvalue weighted by atomic mass is 10.1. The number of hydrogen-bond donors (Lipinski definition) is 0. The Morgan fingerprint density at radius 3 is 3.00 bits per heavy atom. The maximum Gasteiger partial charge on any atom is 0.150 e. The Morgan fingerprint density at radius 2 is 2.25 bits per heavy atom. The quantitative estimate of drug-likeness (QED) is 0.610. The molecule has 1 nitrogen and oxygen atoms in total. The Kier molecular flexibility index (Phi) is 1.70. The Balaban J connectivity index is 2.88. The molecule has 2 rings (SSSR count). The van der Waals surface area contributed by atoms with E-state index in [0.717, 1.165) is 22.8 Å². The van der Waals surface area contributed by atoms with E-state index in [1.54, 1.807) is 11.3 Å². The van der Waals surface area contributed by atoms with Crippen LogP contribution in [0.5, 0.6) is 0 Å². The molecule has 1 aromatic heterocycles. The second kappa shape index (κ2) is 2.72. The van der Waals surface area contributed by atoms with E-state index in [9.17, 15) is 4.79 Å². The van der Waals surface area contributed by atoms with Crippen LogP contribution in [0.25, 0.3) is 10.1 Å². The largest absolute Gasteiger partial charge is 0.298 e. The number of aldehydes is 1. The minimum absolute atomic E-state index is 0.797. The Bertz CT molecular complexity index is 428. The fraction of sp³-hybridized carbons (Fsp3) is 0.100. The molecule has 60 valence electrons. The smallest absolute Gasteiger partial charge is 0.150 e. The van der Waals surface area contributed by atoms with Crippen LogP contribution in [0, 0.1) is 6.92 Å². The summed E-state index contributed by atoms with van der Waals surface area (Å²) in [4.78, 5) is 10.7. The lowest BCUT2D eigenvalue weighted by Crippen LogP contribution is -1.81. The highest BCUT2D eigenvalue weighted by molar-refractivity contribution is 7.17. The summed E-state index contributed by atoms with van der Waals surface area (Å²) in [6.45, 7) is 2.01. The molecule has 2 heteroatoms. The van der Waals surface area contributed by atoms with E-state index in [4.69, 9.17) is 0 Å². The summed E-state index contributed by atoms with van der Waals surface area (Å²) in [6.07, 6.45) is 0.919. The van der Waals surface area contributed by atoms with Crippen molar-refractivity contribution in [3.05, 3.63) is 34.7 Å². The van der Waals surface area contributed by atoms with Gasteiger partial charge in [-0.2, -0.15) is 0 Å². The lowest BCUT2D eigenvalue weighted by molar-refractivity contribution is 0.112. The molecule has 0 aliphatic heterocycles. The Labute approximate surface area is 74.6 Å². The molecule has 12 heavy (non-hydrogen) atoms. The number of thiophene rings is 1. The van der Waals surface area contributed by atoms with Crippen molar-refractivity contribution < 1.29 is 4.79 Å². The minimum atomic E-state index is 0.797. The molecular formula is C10H8OS. The predicted molar refractivity (Wildman–Crippen MR) is 51.9 cm³/mol. The molecule has 0 radical (unpaired) electrons. The van der Waals surface area contributed by atoms with Crippen LogP contribution in [0.1, 0.15) is 15.9 Å². The van der Waals surface area contributed by atoms with Gasteiger partial charge in [0.15, 0.2) is 6.29 Å². The van der Waals surface area contributed by atoms with Gasteiger partial charge in [-0.25, -0.2) is 0 Å². The molecule has 0 aliphatic carbocycles. The van der Waals surface area contributed by atoms with E-state index in [0.29, 0.717) is 0 Å². The molecule has 1 heterocycles. The summed E-state index contributed by atoms with van der Waals surface area (Å²) in [5, 5.41) is 3.08. The van der Waals surface area contributed by atoms with Gasteiger partial charge in [-0.15, -0.1) is 11.3 Å². The standard InChI is InChI=1S/C10H8OS/c1-7-4-8(6-11)9-2-3-12-10(9)5-7/h2-6H,1H3. The summed E-state index contributed by atoms with van der Waals surface area (Å²) >= 11 is 1.67. The monoisotopic (exact) mass is 176 g/mol. The maximum absolute atomic E-state index is 10.7. The number of aryl methyl sites for hydroxylation is 1. The van der Waals surface area contributed by atoms with Gasteiger partial charge in [0.2, 0.25) is 0 Å². The molecule has 0 fully saturated rings. The molecule has 0 bridgehead atoms. The van der Waals surface area contributed by atoms with Crippen LogP contribution >= 0.6 is 11.3 Å². The summed E-state index contributed by atoms with van der Waals surface area (Å²) in [5.41, 5.74) is 1.94. The molecule has 0 unspecified atom stereocenters. The SMILES string of the molecule is Cc1cc(C=O)c2ccsc2c1. The number of rotatable bonds is 1. The van der Waals surface area contributed by atoms with Crippen molar-refractivity contribution in [2.75, 3.05) is 0 Å². The molecule has 0 saturated carbocycles. The maximum atomic E-state index is 10.7. The topological polar surface area (TPSA) is 17.1 Å². The minimum Gasteiger partial charge on any atom is -0.298 e. The van der Waals surface area contributed by atoms with Gasteiger partial charge >= 0.3 is 0 Å². The highest BCUT2D eigenvalue weighted by Crippen LogP contribution is 2.24. The molecule has 0 aliphatic rings. The fourth-order valence-corrected chi connectivity index (χ4v) is 2.26. The first-order valence-electron chi connectivity index (χ1n) is 3.74. The van der Waals surface area contributed by atoms with Gasteiger partial charge in [0, 0.05) is 15.6 Å². The number of carbonyl (C=O) groups excluding carboxylic acids is 1. The number of fused-ring (bicyclic) bond motifs is 1. The van der Waals surface area contributed by atoms with Crippen LogP contribution in [0.4, 0.5) is 0 Å². The number of carbonyl (C=O) groups is 1. The van der Waals surface area contributed by atoms with Crippen molar-refractivity contribution in [2.24, 2.45) is 0 Å². The summed E-state index contributed by atoms with van der Waals surface area (Å²) < 4.78 is 1.19. The van der Waals surface area contributed by atoms with Crippen LogP contribution in [-0.4, -0.2) is 6.29 Å². The highest BCUT2D eigenvalue weighted by Gasteiger charge is 2.01. The summed E-state index contributed by atoms with van der Waals surface area (Å²) in [7, 11) is 0. The van der Waals surface area contributed by atoms with Crippen molar-refractivity contribution >= 4 is 27.7 Å². The van der Waals surface area contributed by atoms with Crippen molar-refractivity contribution in [1.29, 1.82) is 0 Å². The summed E-state index contributed by atoms with van der Waals surface area (Å²) in [6, 6.07) is 6.01. The molecule has 0 saturated heterocycles. The molecule has 0 atom stereocenters. The van der Waals surface area contributed by atoms with Crippen LogP contribution in [0.3, 0.4) is 0 Å². The fourth-order valence-electron chi connectivity index (χ4n) is 1.34. The average molecular weight is 176 g/mol. The van der Waals surface area contributed by atoms with E-state index in [-0.39, 0.29) is 0 Å². The van der Waals surface area contributed by atoms with Gasteiger partial charge in [-0.3, -0.25) is 4.79 Å². The molecule has 0 spiro atoms. The zero-order chi connectivity index (χ0) is 8.55. The lowest BCUT2D eigenvalue weighted by Gasteiger charge is -1.96. The third kappa shape index (κ3) is 1.04. The first kappa shape index (κ1) is 7.50. The zero-order valence-corrected chi connectivity index (χ0v) is 7.52. The van der Waals surface area contributed by atoms with E-state index in [2.05, 4.69) is 6.07 Å². The van der Waals surface area contributed by atoms with Crippen LogP contribution < -0.4 is 0 Å². The second-order valence-electron chi connectivity index (χ2n) is 2.80. The van der Waals surface area contributed by atoms with Crippen molar-refractivity contribution in [1.82, 2.24) is 0 Å². The van der Waals surface area contributed by atoms with Gasteiger partial charge in [0.25, 0.3) is 0 Å². The van der Waals surface area contributed by atoms with Crippen molar-refractivity contribution in [3.63, 3.8) is 0 Å². The van der Waals surface area contributed by atoms with Crippen LogP contribution in [0.15, 0.2) is 23.6 Å². The predicted octanol–water partition coefficient (Wildman–Crippen LogP) is 3.02. The molecule has 0 amide bonds. The number of benzene rings is 1. The van der Waals surface area contributed by atoms with Gasteiger partial charge in [-0.1, -0.05) is 0 Å². The van der Waals surface area contributed by atoms with Crippen LogP contribution in [0.2, 0.25) is 0 Å². The second-order valence-corrected chi connectivity index (χ2v) is 3.75. The van der Waals surface area contributed by atoms with Gasteiger partial charge in [0.05, 0.1) is 0 Å². The highest BCUT2D eigenvalue weighted by atomic mass is 32.1. The molecular weight excluding hydrogens is 168 g/mol. The van der Waals surface area contributed by atoms with E-state index < -0.39 is 0 Å². The molecule has 2 aromatic rings.